The Kier molecular flexibility index (Phi) is 6.08. The van der Waals surface area contributed by atoms with Crippen molar-refractivity contribution in [2.45, 2.75) is 37.5 Å². The standard InChI is InChI=1S/C15H19FO4S/c1-3-4-5-6-7-8-21(19,20)14-10-12(15(17)18)9-13(16)11(14)2/h3,9-10H,1,4-8H2,2H3,(H,17,18). The smallest absolute Gasteiger partial charge is 0.335 e. The number of carboxylic acids is 1. The summed E-state index contributed by atoms with van der Waals surface area (Å²) in [7, 11) is -3.69. The van der Waals surface area contributed by atoms with E-state index in [4.69, 9.17) is 5.11 Å². The van der Waals surface area contributed by atoms with Crippen molar-refractivity contribution in [3.05, 3.63) is 41.7 Å². The van der Waals surface area contributed by atoms with Gasteiger partial charge in [-0.05, 0) is 38.3 Å². The van der Waals surface area contributed by atoms with Crippen molar-refractivity contribution >= 4 is 15.8 Å². The molecule has 6 heteroatoms. The van der Waals surface area contributed by atoms with Crippen LogP contribution in [0.15, 0.2) is 29.7 Å². The second-order valence-corrected chi connectivity index (χ2v) is 6.92. The lowest BCUT2D eigenvalue weighted by atomic mass is 10.1. The molecule has 21 heavy (non-hydrogen) atoms. The van der Waals surface area contributed by atoms with Gasteiger partial charge in [0.15, 0.2) is 9.84 Å². The summed E-state index contributed by atoms with van der Waals surface area (Å²) in [6.07, 6.45) is 4.62. The van der Waals surface area contributed by atoms with Gasteiger partial charge in [-0.1, -0.05) is 12.5 Å². The Labute approximate surface area is 124 Å². The first-order chi connectivity index (χ1) is 9.79. The van der Waals surface area contributed by atoms with Crippen LogP contribution < -0.4 is 0 Å². The van der Waals surface area contributed by atoms with E-state index in [9.17, 15) is 17.6 Å². The van der Waals surface area contributed by atoms with Crippen molar-refractivity contribution in [3.8, 4) is 0 Å². The molecule has 0 aromatic heterocycles. The third-order valence-electron chi connectivity index (χ3n) is 3.20. The van der Waals surface area contributed by atoms with Crippen LogP contribution in [-0.4, -0.2) is 25.2 Å². The third kappa shape index (κ3) is 4.67. The van der Waals surface area contributed by atoms with Crippen LogP contribution in [0.25, 0.3) is 0 Å². The number of allylic oxidation sites excluding steroid dienone is 1. The van der Waals surface area contributed by atoms with Crippen molar-refractivity contribution in [2.75, 3.05) is 5.75 Å². The number of hydrogen-bond donors (Lipinski definition) is 1. The maximum absolute atomic E-state index is 13.7. The summed E-state index contributed by atoms with van der Waals surface area (Å²) < 4.78 is 38.1. The van der Waals surface area contributed by atoms with Crippen LogP contribution in [0.3, 0.4) is 0 Å². The fourth-order valence-corrected chi connectivity index (χ4v) is 3.64. The highest BCUT2D eigenvalue weighted by Gasteiger charge is 2.21. The zero-order valence-corrected chi connectivity index (χ0v) is 12.7. The molecular weight excluding hydrogens is 295 g/mol. The van der Waals surface area contributed by atoms with Gasteiger partial charge in [0.05, 0.1) is 16.2 Å². The van der Waals surface area contributed by atoms with Crippen molar-refractivity contribution in [2.24, 2.45) is 0 Å². The second-order valence-electron chi connectivity index (χ2n) is 4.84. The van der Waals surface area contributed by atoms with Crippen molar-refractivity contribution < 1.29 is 22.7 Å². The van der Waals surface area contributed by atoms with Gasteiger partial charge in [-0.25, -0.2) is 17.6 Å². The van der Waals surface area contributed by atoms with Crippen LogP contribution in [0, 0.1) is 12.7 Å². The minimum atomic E-state index is -3.69. The first-order valence-electron chi connectivity index (χ1n) is 6.66. The summed E-state index contributed by atoms with van der Waals surface area (Å²) in [5.74, 6) is -2.29. The molecule has 0 saturated carbocycles. The number of halogens is 1. The molecule has 0 amide bonds. The highest BCUT2D eigenvalue weighted by atomic mass is 32.2. The van der Waals surface area contributed by atoms with Crippen LogP contribution in [0.5, 0.6) is 0 Å². The lowest BCUT2D eigenvalue weighted by molar-refractivity contribution is 0.0696. The summed E-state index contributed by atoms with van der Waals surface area (Å²) in [5, 5.41) is 8.89. The Morgan fingerprint density at radius 2 is 2.00 bits per heavy atom. The van der Waals surface area contributed by atoms with Crippen LogP contribution in [-0.2, 0) is 9.84 Å². The van der Waals surface area contributed by atoms with Gasteiger partial charge in [0, 0.05) is 5.56 Å². The number of aromatic carboxylic acids is 1. The van der Waals surface area contributed by atoms with E-state index >= 15 is 0 Å². The number of rotatable bonds is 8. The summed E-state index contributed by atoms with van der Waals surface area (Å²) >= 11 is 0. The molecule has 0 bridgehead atoms. The van der Waals surface area contributed by atoms with Crippen LogP contribution in [0.2, 0.25) is 0 Å². The Morgan fingerprint density at radius 1 is 1.33 bits per heavy atom. The van der Waals surface area contributed by atoms with E-state index in [0.29, 0.717) is 6.42 Å². The number of benzene rings is 1. The van der Waals surface area contributed by atoms with E-state index in [1.165, 1.54) is 6.92 Å². The van der Waals surface area contributed by atoms with Gasteiger partial charge in [-0.15, -0.1) is 6.58 Å². The molecular formula is C15H19FO4S. The van der Waals surface area contributed by atoms with Crippen molar-refractivity contribution in [1.29, 1.82) is 0 Å². The van der Waals surface area contributed by atoms with Crippen LogP contribution in [0.4, 0.5) is 4.39 Å². The summed E-state index contributed by atoms with van der Waals surface area (Å²) in [4.78, 5) is 10.7. The van der Waals surface area contributed by atoms with Crippen molar-refractivity contribution in [1.82, 2.24) is 0 Å². The van der Waals surface area contributed by atoms with E-state index in [-0.39, 0.29) is 21.8 Å². The summed E-state index contributed by atoms with van der Waals surface area (Å²) in [5.41, 5.74) is -0.394. The average molecular weight is 314 g/mol. The molecule has 0 fully saturated rings. The van der Waals surface area contributed by atoms with Gasteiger partial charge in [0.25, 0.3) is 0 Å². The van der Waals surface area contributed by atoms with Gasteiger partial charge in [0.1, 0.15) is 5.82 Å². The van der Waals surface area contributed by atoms with Gasteiger partial charge in [0.2, 0.25) is 0 Å². The predicted octanol–water partition coefficient (Wildman–Crippen LogP) is 3.35. The molecule has 0 unspecified atom stereocenters. The molecule has 4 nitrogen and oxygen atoms in total. The minimum absolute atomic E-state index is 0.0360. The second kappa shape index (κ2) is 7.36. The van der Waals surface area contributed by atoms with Gasteiger partial charge in [-0.2, -0.15) is 0 Å². The molecule has 0 saturated heterocycles. The Bertz CT molecular complexity index is 635. The first-order valence-corrected chi connectivity index (χ1v) is 8.32. The topological polar surface area (TPSA) is 71.4 Å². The zero-order valence-electron chi connectivity index (χ0n) is 11.9. The van der Waals surface area contributed by atoms with Gasteiger partial charge < -0.3 is 5.11 Å². The summed E-state index contributed by atoms with van der Waals surface area (Å²) in [6.45, 7) is 4.93. The molecule has 116 valence electrons. The van der Waals surface area contributed by atoms with Crippen LogP contribution in [0.1, 0.15) is 41.6 Å². The number of sulfone groups is 1. The molecule has 1 rings (SSSR count). The van der Waals surface area contributed by atoms with Crippen LogP contribution >= 0.6 is 0 Å². The van der Waals surface area contributed by atoms with E-state index < -0.39 is 21.6 Å². The Balaban J connectivity index is 2.97. The molecule has 1 N–H and O–H groups in total. The monoisotopic (exact) mass is 314 g/mol. The predicted molar refractivity (Wildman–Crippen MR) is 78.8 cm³/mol. The third-order valence-corrected chi connectivity index (χ3v) is 5.12. The lowest BCUT2D eigenvalue weighted by Crippen LogP contribution is -2.11. The molecule has 0 aliphatic carbocycles. The molecule has 0 atom stereocenters. The number of hydrogen-bond acceptors (Lipinski definition) is 3. The Morgan fingerprint density at radius 3 is 2.57 bits per heavy atom. The molecule has 0 spiro atoms. The SMILES string of the molecule is C=CCCCCCS(=O)(=O)c1cc(C(=O)O)cc(F)c1C. The van der Waals surface area contributed by atoms with E-state index in [2.05, 4.69) is 6.58 Å². The maximum atomic E-state index is 13.7. The highest BCUT2D eigenvalue weighted by molar-refractivity contribution is 7.91. The van der Waals surface area contributed by atoms with E-state index in [1.807, 2.05) is 0 Å². The Hall–Kier alpha value is -1.69. The number of carbonyl (C=O) groups is 1. The van der Waals surface area contributed by atoms with Crippen molar-refractivity contribution in [3.63, 3.8) is 0 Å². The maximum Gasteiger partial charge on any atom is 0.335 e. The molecule has 0 radical (unpaired) electrons. The fraction of sp³-hybridized carbons (Fsp3) is 0.400. The molecule has 0 aliphatic heterocycles. The average Bonchev–Trinajstić information content (AvgIpc) is 2.40. The lowest BCUT2D eigenvalue weighted by Gasteiger charge is -2.10. The summed E-state index contributed by atoms with van der Waals surface area (Å²) in [6, 6.07) is 1.86. The molecule has 1 aromatic rings. The molecule has 0 heterocycles. The van der Waals surface area contributed by atoms with E-state index in [1.54, 1.807) is 6.08 Å². The largest absolute Gasteiger partial charge is 0.478 e. The van der Waals surface area contributed by atoms with Gasteiger partial charge >= 0.3 is 5.97 Å². The van der Waals surface area contributed by atoms with Gasteiger partial charge in [-0.3, -0.25) is 0 Å². The minimum Gasteiger partial charge on any atom is -0.478 e. The first kappa shape index (κ1) is 17.4. The highest BCUT2D eigenvalue weighted by Crippen LogP contribution is 2.23. The molecule has 0 aliphatic rings. The number of carboxylic acid groups (broad SMARTS) is 1. The van der Waals surface area contributed by atoms with E-state index in [0.717, 1.165) is 31.4 Å². The number of unbranched alkanes of at least 4 members (excludes halogenated alkanes) is 3. The molecule has 1 aromatic carbocycles. The normalized spacial score (nSPS) is 11.3. The zero-order chi connectivity index (χ0) is 16.0. The fourth-order valence-electron chi connectivity index (χ4n) is 1.97. The quantitative estimate of drug-likeness (QED) is 0.590.